The van der Waals surface area contributed by atoms with E-state index >= 15 is 0 Å². The maximum Gasteiger partial charge on any atom is 0.335 e. The third-order valence-electron chi connectivity index (χ3n) is 5.30. The van der Waals surface area contributed by atoms with E-state index in [1.807, 2.05) is 4.90 Å². The third kappa shape index (κ3) is 2.55. The van der Waals surface area contributed by atoms with E-state index in [9.17, 15) is 9.59 Å². The summed E-state index contributed by atoms with van der Waals surface area (Å²) in [5.41, 5.74) is 1.73. The number of aryl methyl sites for hydroxylation is 1. The van der Waals surface area contributed by atoms with Gasteiger partial charge in [0.15, 0.2) is 0 Å². The average molecular weight is 287 g/mol. The summed E-state index contributed by atoms with van der Waals surface area (Å²) in [6.45, 7) is 6.39. The number of carbonyl (C=O) groups excluding carboxylic acids is 1. The number of carboxylic acids is 1. The van der Waals surface area contributed by atoms with Crippen LogP contribution in [0.3, 0.4) is 0 Å². The molecule has 4 heteroatoms. The molecule has 1 saturated carbocycles. The van der Waals surface area contributed by atoms with E-state index in [0.717, 1.165) is 18.7 Å². The zero-order chi connectivity index (χ0) is 15.2. The molecule has 0 aromatic heterocycles. The molecular formula is C17H21NO3. The molecule has 2 fully saturated rings. The van der Waals surface area contributed by atoms with Crippen molar-refractivity contribution in [3.8, 4) is 0 Å². The Bertz CT molecular complexity index is 562. The van der Waals surface area contributed by atoms with Crippen LogP contribution in [0.1, 0.15) is 36.2 Å². The van der Waals surface area contributed by atoms with Gasteiger partial charge in [0.1, 0.15) is 0 Å². The van der Waals surface area contributed by atoms with E-state index in [4.69, 9.17) is 5.11 Å². The average Bonchev–Trinajstić information content (AvgIpc) is 2.83. The number of carboxylic acid groups (broad SMARTS) is 1. The molecule has 1 amide bonds. The van der Waals surface area contributed by atoms with Crippen LogP contribution in [0.15, 0.2) is 24.3 Å². The lowest BCUT2D eigenvalue weighted by Crippen LogP contribution is -2.32. The molecule has 1 aromatic carbocycles. The number of benzene rings is 1. The number of aromatic carboxylic acids is 1. The van der Waals surface area contributed by atoms with Crippen molar-refractivity contribution in [2.24, 2.45) is 17.3 Å². The van der Waals surface area contributed by atoms with Gasteiger partial charge in [0.05, 0.1) is 5.56 Å². The Morgan fingerprint density at radius 3 is 2.29 bits per heavy atom. The molecule has 0 spiro atoms. The van der Waals surface area contributed by atoms with Gasteiger partial charge < -0.3 is 10.0 Å². The maximum atomic E-state index is 12.2. The quantitative estimate of drug-likeness (QED) is 0.925. The maximum absolute atomic E-state index is 12.2. The first-order valence-electron chi connectivity index (χ1n) is 7.49. The van der Waals surface area contributed by atoms with Crippen molar-refractivity contribution in [2.45, 2.75) is 26.7 Å². The molecule has 112 valence electrons. The van der Waals surface area contributed by atoms with Crippen molar-refractivity contribution in [3.63, 3.8) is 0 Å². The van der Waals surface area contributed by atoms with Gasteiger partial charge >= 0.3 is 5.97 Å². The molecule has 0 radical (unpaired) electrons. The molecule has 1 aromatic rings. The van der Waals surface area contributed by atoms with Gasteiger partial charge in [-0.2, -0.15) is 0 Å². The minimum absolute atomic E-state index is 0.223. The summed E-state index contributed by atoms with van der Waals surface area (Å²) in [6.07, 6.45) is 1.18. The number of likely N-dealkylation sites (tertiary alicyclic amines) is 1. The van der Waals surface area contributed by atoms with Crippen molar-refractivity contribution in [1.29, 1.82) is 0 Å². The zero-order valence-corrected chi connectivity index (χ0v) is 12.5. The second-order valence-corrected chi connectivity index (χ2v) is 6.84. The molecule has 1 N–H and O–H groups in total. The number of hydrogen-bond acceptors (Lipinski definition) is 2. The first-order valence-corrected chi connectivity index (χ1v) is 7.49. The number of rotatable bonds is 4. The van der Waals surface area contributed by atoms with Crippen LogP contribution in [0.2, 0.25) is 0 Å². The van der Waals surface area contributed by atoms with Gasteiger partial charge in [-0.15, -0.1) is 0 Å². The highest BCUT2D eigenvalue weighted by Crippen LogP contribution is 2.61. The van der Waals surface area contributed by atoms with Gasteiger partial charge in [-0.1, -0.05) is 26.0 Å². The minimum Gasteiger partial charge on any atom is -0.478 e. The number of carbonyl (C=O) groups is 2. The number of fused-ring (bicyclic) bond motifs is 1. The Kier molecular flexibility index (Phi) is 3.27. The number of hydrogen-bond donors (Lipinski definition) is 1. The fourth-order valence-corrected chi connectivity index (χ4v) is 3.56. The molecule has 2 aliphatic rings. The first kappa shape index (κ1) is 14.1. The van der Waals surface area contributed by atoms with Crippen molar-refractivity contribution < 1.29 is 14.7 Å². The second kappa shape index (κ2) is 4.86. The topological polar surface area (TPSA) is 57.6 Å². The van der Waals surface area contributed by atoms with Crippen molar-refractivity contribution in [1.82, 2.24) is 4.90 Å². The van der Waals surface area contributed by atoms with Gasteiger partial charge in [-0.05, 0) is 41.4 Å². The molecule has 1 aliphatic carbocycles. The highest BCUT2D eigenvalue weighted by molar-refractivity contribution is 5.87. The van der Waals surface area contributed by atoms with Crippen LogP contribution in [0.25, 0.3) is 0 Å². The molecule has 0 unspecified atom stereocenters. The highest BCUT2D eigenvalue weighted by Gasteiger charge is 2.62. The molecule has 1 aliphatic heterocycles. The highest BCUT2D eigenvalue weighted by atomic mass is 16.4. The van der Waals surface area contributed by atoms with Crippen LogP contribution in [-0.2, 0) is 11.2 Å². The monoisotopic (exact) mass is 287 g/mol. The minimum atomic E-state index is -0.920. The molecule has 1 heterocycles. The van der Waals surface area contributed by atoms with Gasteiger partial charge in [-0.3, -0.25) is 4.79 Å². The van der Waals surface area contributed by atoms with Gasteiger partial charge in [0.25, 0.3) is 0 Å². The smallest absolute Gasteiger partial charge is 0.335 e. The van der Waals surface area contributed by atoms with E-state index in [1.54, 1.807) is 24.3 Å². The second-order valence-electron chi connectivity index (χ2n) is 6.84. The largest absolute Gasteiger partial charge is 0.478 e. The van der Waals surface area contributed by atoms with Gasteiger partial charge in [0, 0.05) is 19.5 Å². The number of amides is 1. The molecule has 3 rings (SSSR count). The lowest BCUT2D eigenvalue weighted by Gasteiger charge is -2.22. The van der Waals surface area contributed by atoms with E-state index < -0.39 is 5.97 Å². The van der Waals surface area contributed by atoms with Gasteiger partial charge in [0.2, 0.25) is 5.91 Å². The molecule has 2 atom stereocenters. The number of piperidine rings is 1. The summed E-state index contributed by atoms with van der Waals surface area (Å²) in [4.78, 5) is 25.0. The standard InChI is InChI=1S/C17H21NO3/c1-17(2)13-9-18(10-14(13)17)15(19)8-5-11-3-6-12(7-4-11)16(20)21/h3-4,6-7,13-14H,5,8-10H2,1-2H3,(H,20,21)/t13-,14-/m1/s1. The molecular weight excluding hydrogens is 266 g/mol. The summed E-state index contributed by atoms with van der Waals surface area (Å²) in [5, 5.41) is 8.85. The molecule has 0 bridgehead atoms. The molecule has 1 saturated heterocycles. The third-order valence-corrected chi connectivity index (χ3v) is 5.30. The SMILES string of the molecule is CC1(C)[C@@H]2CN(C(=O)CCc3ccc(C(=O)O)cc3)C[C@H]21. The van der Waals surface area contributed by atoms with E-state index in [-0.39, 0.29) is 11.5 Å². The Morgan fingerprint density at radius 2 is 1.76 bits per heavy atom. The predicted molar refractivity (Wildman–Crippen MR) is 79.1 cm³/mol. The van der Waals surface area contributed by atoms with Crippen LogP contribution in [0.4, 0.5) is 0 Å². The summed E-state index contributed by atoms with van der Waals surface area (Å²) in [5.74, 6) is 0.685. The fraction of sp³-hybridized carbons (Fsp3) is 0.529. The van der Waals surface area contributed by atoms with Crippen LogP contribution in [0.5, 0.6) is 0 Å². The zero-order valence-electron chi connectivity index (χ0n) is 12.5. The van der Waals surface area contributed by atoms with E-state index in [2.05, 4.69) is 13.8 Å². The van der Waals surface area contributed by atoms with E-state index in [0.29, 0.717) is 30.1 Å². The lowest BCUT2D eigenvalue weighted by molar-refractivity contribution is -0.130. The Hall–Kier alpha value is -1.84. The predicted octanol–water partition coefficient (Wildman–Crippen LogP) is 2.43. The van der Waals surface area contributed by atoms with Crippen LogP contribution >= 0.6 is 0 Å². The Morgan fingerprint density at radius 1 is 1.19 bits per heavy atom. The summed E-state index contributed by atoms with van der Waals surface area (Å²) >= 11 is 0. The van der Waals surface area contributed by atoms with Crippen molar-refractivity contribution in [2.75, 3.05) is 13.1 Å². The fourth-order valence-electron chi connectivity index (χ4n) is 3.56. The normalized spacial score (nSPS) is 25.5. The van der Waals surface area contributed by atoms with Crippen LogP contribution in [-0.4, -0.2) is 35.0 Å². The van der Waals surface area contributed by atoms with Crippen molar-refractivity contribution >= 4 is 11.9 Å². The molecule has 4 nitrogen and oxygen atoms in total. The van der Waals surface area contributed by atoms with Crippen molar-refractivity contribution in [3.05, 3.63) is 35.4 Å². The summed E-state index contributed by atoms with van der Waals surface area (Å²) in [6, 6.07) is 6.77. The summed E-state index contributed by atoms with van der Waals surface area (Å²) < 4.78 is 0. The van der Waals surface area contributed by atoms with Gasteiger partial charge in [-0.25, -0.2) is 4.79 Å². The Labute approximate surface area is 124 Å². The first-order chi connectivity index (χ1) is 9.89. The van der Waals surface area contributed by atoms with E-state index in [1.165, 1.54) is 0 Å². The van der Waals surface area contributed by atoms with Crippen LogP contribution < -0.4 is 0 Å². The summed E-state index contributed by atoms with van der Waals surface area (Å²) in [7, 11) is 0. The lowest BCUT2D eigenvalue weighted by atomic mass is 10.0. The Balaban J connectivity index is 1.49. The van der Waals surface area contributed by atoms with Crippen LogP contribution in [0, 0.1) is 17.3 Å². The number of nitrogens with zero attached hydrogens (tertiary/aromatic N) is 1. The molecule has 21 heavy (non-hydrogen) atoms.